The summed E-state index contributed by atoms with van der Waals surface area (Å²) in [5.41, 5.74) is 3.57. The Balaban J connectivity index is 1.36. The average molecular weight is 417 g/mol. The van der Waals surface area contributed by atoms with E-state index in [4.69, 9.17) is 9.47 Å². The Labute approximate surface area is 179 Å². The third kappa shape index (κ3) is 4.98. The number of nitrogens with zero attached hydrogens (tertiary/aromatic N) is 4. The molecule has 0 saturated heterocycles. The molecule has 0 radical (unpaired) electrons. The number of aromatic nitrogens is 4. The first kappa shape index (κ1) is 20.3. The van der Waals surface area contributed by atoms with Crippen LogP contribution < -0.4 is 14.8 Å². The smallest absolute Gasteiger partial charge is 0.231 e. The van der Waals surface area contributed by atoms with Gasteiger partial charge in [-0.2, -0.15) is 4.52 Å². The van der Waals surface area contributed by atoms with E-state index in [1.165, 1.54) is 0 Å². The van der Waals surface area contributed by atoms with Crippen LogP contribution in [0, 0.1) is 6.92 Å². The molecule has 2 heterocycles. The number of aryl methyl sites for hydroxylation is 1. The summed E-state index contributed by atoms with van der Waals surface area (Å²) in [7, 11) is 1.62. The number of amides is 1. The van der Waals surface area contributed by atoms with Crippen LogP contribution in [-0.2, 0) is 11.2 Å². The minimum absolute atomic E-state index is 0.0447. The highest BCUT2D eigenvalue weighted by Crippen LogP contribution is 2.23. The van der Waals surface area contributed by atoms with Crippen LogP contribution in [0.15, 0.2) is 60.7 Å². The topological polar surface area (TPSA) is 90.6 Å². The average Bonchev–Trinajstić information content (AvgIpc) is 3.20. The first-order valence-corrected chi connectivity index (χ1v) is 9.94. The fraction of sp³-hybridized carbons (Fsp3) is 0.217. The molecular weight excluding hydrogens is 394 g/mol. The van der Waals surface area contributed by atoms with Gasteiger partial charge in [0, 0.05) is 11.6 Å². The lowest BCUT2D eigenvalue weighted by Crippen LogP contribution is -2.29. The van der Waals surface area contributed by atoms with Crippen LogP contribution in [0.1, 0.15) is 11.1 Å². The number of benzene rings is 2. The molecule has 0 saturated carbocycles. The second-order valence-corrected chi connectivity index (χ2v) is 7.06. The summed E-state index contributed by atoms with van der Waals surface area (Å²) in [6.45, 7) is 2.69. The molecule has 0 spiro atoms. The number of hydrogen-bond acceptors (Lipinski definition) is 6. The van der Waals surface area contributed by atoms with Crippen molar-refractivity contribution in [3.05, 3.63) is 71.8 Å². The van der Waals surface area contributed by atoms with Gasteiger partial charge in [0.15, 0.2) is 11.5 Å². The van der Waals surface area contributed by atoms with Gasteiger partial charge < -0.3 is 14.8 Å². The molecule has 1 N–H and O–H groups in total. The molecule has 0 fully saturated rings. The van der Waals surface area contributed by atoms with Gasteiger partial charge in [0.1, 0.15) is 12.4 Å². The largest absolute Gasteiger partial charge is 0.497 e. The first-order chi connectivity index (χ1) is 15.1. The Kier molecular flexibility index (Phi) is 6.07. The molecule has 2 aromatic heterocycles. The molecule has 0 aliphatic heterocycles. The van der Waals surface area contributed by atoms with Gasteiger partial charge in [-0.1, -0.05) is 42.0 Å². The molecule has 8 heteroatoms. The van der Waals surface area contributed by atoms with Gasteiger partial charge in [0.2, 0.25) is 11.8 Å². The number of ether oxygens (including phenoxy) is 2. The number of nitrogens with one attached hydrogen (secondary N) is 1. The fourth-order valence-corrected chi connectivity index (χ4v) is 3.21. The van der Waals surface area contributed by atoms with E-state index in [2.05, 4.69) is 20.6 Å². The summed E-state index contributed by atoms with van der Waals surface area (Å²) in [6, 6.07) is 19.0. The summed E-state index contributed by atoms with van der Waals surface area (Å²) in [4.78, 5) is 12.1. The maximum Gasteiger partial charge on any atom is 0.231 e. The van der Waals surface area contributed by atoms with E-state index in [-0.39, 0.29) is 5.91 Å². The summed E-state index contributed by atoms with van der Waals surface area (Å²) in [6.07, 6.45) is 0.344. The van der Waals surface area contributed by atoms with Gasteiger partial charge >= 0.3 is 0 Å². The van der Waals surface area contributed by atoms with Crippen LogP contribution in [0.25, 0.3) is 17.0 Å². The van der Waals surface area contributed by atoms with E-state index in [0.29, 0.717) is 36.9 Å². The number of fused-ring (bicyclic) bond motifs is 1. The van der Waals surface area contributed by atoms with E-state index < -0.39 is 0 Å². The minimum Gasteiger partial charge on any atom is -0.497 e. The van der Waals surface area contributed by atoms with E-state index >= 15 is 0 Å². The third-order valence-corrected chi connectivity index (χ3v) is 4.69. The molecule has 2 aromatic carbocycles. The van der Waals surface area contributed by atoms with Crippen LogP contribution in [0.5, 0.6) is 11.6 Å². The molecule has 1 amide bonds. The second kappa shape index (κ2) is 9.25. The van der Waals surface area contributed by atoms with E-state index in [1.807, 2.05) is 55.5 Å². The molecule has 31 heavy (non-hydrogen) atoms. The highest BCUT2D eigenvalue weighted by Gasteiger charge is 2.11. The van der Waals surface area contributed by atoms with Crippen molar-refractivity contribution in [1.82, 2.24) is 25.1 Å². The quantitative estimate of drug-likeness (QED) is 0.444. The number of rotatable bonds is 8. The molecule has 158 valence electrons. The van der Waals surface area contributed by atoms with Crippen molar-refractivity contribution in [1.29, 1.82) is 0 Å². The predicted octanol–water partition coefficient (Wildman–Crippen LogP) is 2.85. The van der Waals surface area contributed by atoms with Crippen molar-refractivity contribution < 1.29 is 14.3 Å². The summed E-state index contributed by atoms with van der Waals surface area (Å²) < 4.78 is 12.6. The lowest BCUT2D eigenvalue weighted by Gasteiger charge is -2.08. The van der Waals surface area contributed by atoms with E-state index in [1.54, 1.807) is 23.8 Å². The Morgan fingerprint density at radius 1 is 1.06 bits per heavy atom. The highest BCUT2D eigenvalue weighted by molar-refractivity contribution is 5.78. The van der Waals surface area contributed by atoms with Crippen molar-refractivity contribution in [3.8, 4) is 23.0 Å². The molecule has 0 aliphatic rings. The second-order valence-electron chi connectivity index (χ2n) is 7.06. The normalized spacial score (nSPS) is 10.8. The zero-order valence-electron chi connectivity index (χ0n) is 17.4. The van der Waals surface area contributed by atoms with Crippen LogP contribution in [0.4, 0.5) is 0 Å². The van der Waals surface area contributed by atoms with Crippen molar-refractivity contribution in [3.63, 3.8) is 0 Å². The summed E-state index contributed by atoms with van der Waals surface area (Å²) in [5, 5.41) is 15.7. The zero-order valence-corrected chi connectivity index (χ0v) is 17.4. The molecular formula is C23H23N5O3. The summed E-state index contributed by atoms with van der Waals surface area (Å²) in [5.74, 6) is 1.69. The van der Waals surface area contributed by atoms with Crippen molar-refractivity contribution in [2.75, 3.05) is 20.3 Å². The molecule has 0 bridgehead atoms. The molecule has 0 unspecified atom stereocenters. The van der Waals surface area contributed by atoms with Crippen LogP contribution in [0.3, 0.4) is 0 Å². The van der Waals surface area contributed by atoms with E-state index in [9.17, 15) is 4.79 Å². The van der Waals surface area contributed by atoms with Gasteiger partial charge in [0.25, 0.3) is 0 Å². The Morgan fingerprint density at radius 3 is 2.77 bits per heavy atom. The fourth-order valence-electron chi connectivity index (χ4n) is 3.21. The monoisotopic (exact) mass is 417 g/mol. The number of hydrogen-bond donors (Lipinski definition) is 1. The van der Waals surface area contributed by atoms with Crippen molar-refractivity contribution in [2.45, 2.75) is 13.3 Å². The van der Waals surface area contributed by atoms with Crippen molar-refractivity contribution in [2.24, 2.45) is 0 Å². The standard InChI is InChI=1S/C23H23N5O3/c1-16-5-3-6-17(13-16)14-21(29)24-11-12-31-22-10-9-20-25-26-23(28(20)27-22)18-7-4-8-19(15-18)30-2/h3-10,13,15H,11-12,14H2,1-2H3,(H,24,29). The zero-order chi connectivity index (χ0) is 21.6. The van der Waals surface area contributed by atoms with Gasteiger partial charge in [-0.3, -0.25) is 4.79 Å². The lowest BCUT2D eigenvalue weighted by molar-refractivity contribution is -0.120. The Morgan fingerprint density at radius 2 is 1.94 bits per heavy atom. The first-order valence-electron chi connectivity index (χ1n) is 9.94. The van der Waals surface area contributed by atoms with Crippen LogP contribution in [-0.4, -0.2) is 46.0 Å². The number of carbonyl (C=O) groups excluding carboxylic acids is 1. The van der Waals surface area contributed by atoms with Gasteiger partial charge in [0.05, 0.1) is 20.1 Å². The minimum atomic E-state index is -0.0447. The van der Waals surface area contributed by atoms with Gasteiger partial charge in [-0.15, -0.1) is 15.3 Å². The lowest BCUT2D eigenvalue weighted by atomic mass is 10.1. The van der Waals surface area contributed by atoms with Crippen molar-refractivity contribution >= 4 is 11.6 Å². The van der Waals surface area contributed by atoms with Crippen LogP contribution >= 0.6 is 0 Å². The molecule has 4 rings (SSSR count). The number of methoxy groups -OCH3 is 1. The predicted molar refractivity (Wildman–Crippen MR) is 116 cm³/mol. The maximum absolute atomic E-state index is 12.1. The third-order valence-electron chi connectivity index (χ3n) is 4.69. The van der Waals surface area contributed by atoms with Crippen LogP contribution in [0.2, 0.25) is 0 Å². The Hall–Kier alpha value is -3.94. The van der Waals surface area contributed by atoms with Gasteiger partial charge in [-0.25, -0.2) is 0 Å². The molecule has 0 atom stereocenters. The maximum atomic E-state index is 12.1. The molecule has 4 aromatic rings. The number of carbonyl (C=O) groups is 1. The Bertz CT molecular complexity index is 1200. The molecule has 8 nitrogen and oxygen atoms in total. The summed E-state index contributed by atoms with van der Waals surface area (Å²) >= 11 is 0. The van der Waals surface area contributed by atoms with Gasteiger partial charge in [-0.05, 0) is 30.7 Å². The highest BCUT2D eigenvalue weighted by atomic mass is 16.5. The SMILES string of the molecule is COc1cccc(-c2nnc3ccc(OCCNC(=O)Cc4cccc(C)c4)nn23)c1. The van der Waals surface area contributed by atoms with E-state index in [0.717, 1.165) is 22.4 Å². The molecule has 0 aliphatic carbocycles.